The number of benzene rings is 2. The van der Waals surface area contributed by atoms with E-state index in [1.165, 1.54) is 4.57 Å². The highest BCUT2D eigenvalue weighted by atomic mass is 79.9. The van der Waals surface area contributed by atoms with Crippen molar-refractivity contribution in [1.29, 1.82) is 0 Å². The number of carbonyl (C=O) groups is 1. The molecule has 0 aliphatic carbocycles. The molecular formula is C17H12BrClN4O3. The van der Waals surface area contributed by atoms with E-state index >= 15 is 0 Å². The van der Waals surface area contributed by atoms with Crippen molar-refractivity contribution >= 4 is 55.6 Å². The summed E-state index contributed by atoms with van der Waals surface area (Å²) in [5.41, 5.74) is 2.54. The minimum absolute atomic E-state index is 0.169. The van der Waals surface area contributed by atoms with Gasteiger partial charge in [-0.2, -0.15) is 0 Å². The predicted molar refractivity (Wildman–Crippen MR) is 101 cm³/mol. The molecule has 9 heteroatoms. The summed E-state index contributed by atoms with van der Waals surface area (Å²) in [5.74, 6) is -0.318. The Bertz CT molecular complexity index is 1190. The third kappa shape index (κ3) is 3.25. The van der Waals surface area contributed by atoms with Gasteiger partial charge in [-0.25, -0.2) is 9.78 Å². The van der Waals surface area contributed by atoms with Crippen molar-refractivity contribution in [1.82, 2.24) is 19.9 Å². The Morgan fingerprint density at radius 3 is 3.00 bits per heavy atom. The number of hydrogen-bond donors (Lipinski definition) is 2. The minimum Gasteiger partial charge on any atom is -0.408 e. The first kappa shape index (κ1) is 16.9. The van der Waals surface area contributed by atoms with Crippen LogP contribution in [0.25, 0.3) is 22.1 Å². The van der Waals surface area contributed by atoms with Gasteiger partial charge in [0.1, 0.15) is 12.4 Å². The molecular weight excluding hydrogens is 424 g/mol. The van der Waals surface area contributed by atoms with Crippen LogP contribution in [-0.2, 0) is 17.9 Å². The van der Waals surface area contributed by atoms with Crippen molar-refractivity contribution in [2.24, 2.45) is 0 Å². The topological polar surface area (TPSA) is 92.9 Å². The zero-order valence-electron chi connectivity index (χ0n) is 13.3. The molecule has 1 amide bonds. The van der Waals surface area contributed by atoms with E-state index in [0.717, 1.165) is 15.5 Å². The molecule has 26 heavy (non-hydrogen) atoms. The van der Waals surface area contributed by atoms with E-state index in [2.05, 4.69) is 31.2 Å². The van der Waals surface area contributed by atoms with Gasteiger partial charge in [-0.1, -0.05) is 27.5 Å². The molecule has 4 aromatic rings. The van der Waals surface area contributed by atoms with Gasteiger partial charge in [0.2, 0.25) is 5.91 Å². The Morgan fingerprint density at radius 2 is 2.15 bits per heavy atom. The SMILES string of the molecule is O=C(Cn1c(=O)oc2ccc(Cl)cc21)NCc1nc2cc(Br)ccc2[nH]1. The van der Waals surface area contributed by atoms with Gasteiger partial charge in [-0.05, 0) is 36.4 Å². The molecule has 2 N–H and O–H groups in total. The number of nitrogens with zero attached hydrogens (tertiary/aromatic N) is 2. The van der Waals surface area contributed by atoms with Gasteiger partial charge in [0.25, 0.3) is 0 Å². The molecule has 0 aliphatic rings. The number of nitrogens with one attached hydrogen (secondary N) is 2. The maximum Gasteiger partial charge on any atom is 0.420 e. The van der Waals surface area contributed by atoms with E-state index in [1.807, 2.05) is 18.2 Å². The fourth-order valence-corrected chi connectivity index (χ4v) is 3.20. The standard InChI is InChI=1S/C17H12BrClN4O3/c18-9-1-3-11-12(5-9)22-15(21-11)7-20-16(24)8-23-13-6-10(19)2-4-14(13)26-17(23)25/h1-6H,7-8H2,(H,20,24)(H,21,22). The number of imidazole rings is 1. The van der Waals surface area contributed by atoms with Crippen LogP contribution in [0, 0.1) is 0 Å². The third-order valence-electron chi connectivity index (χ3n) is 3.88. The van der Waals surface area contributed by atoms with E-state index in [4.69, 9.17) is 16.0 Å². The Labute approximate surface area is 160 Å². The largest absolute Gasteiger partial charge is 0.420 e. The fraction of sp³-hybridized carbons (Fsp3) is 0.118. The number of aromatic amines is 1. The lowest BCUT2D eigenvalue weighted by molar-refractivity contribution is -0.121. The highest BCUT2D eigenvalue weighted by molar-refractivity contribution is 9.10. The van der Waals surface area contributed by atoms with Gasteiger partial charge in [0.05, 0.1) is 23.1 Å². The molecule has 0 aliphatic heterocycles. The summed E-state index contributed by atoms with van der Waals surface area (Å²) in [7, 11) is 0. The first-order chi connectivity index (χ1) is 12.5. The highest BCUT2D eigenvalue weighted by Gasteiger charge is 2.13. The molecule has 132 valence electrons. The van der Waals surface area contributed by atoms with E-state index in [0.29, 0.717) is 21.9 Å². The van der Waals surface area contributed by atoms with E-state index in [9.17, 15) is 9.59 Å². The van der Waals surface area contributed by atoms with Crippen molar-refractivity contribution in [2.45, 2.75) is 13.1 Å². The molecule has 7 nitrogen and oxygen atoms in total. The second-order valence-electron chi connectivity index (χ2n) is 5.69. The lowest BCUT2D eigenvalue weighted by Gasteiger charge is -2.04. The zero-order valence-corrected chi connectivity index (χ0v) is 15.6. The van der Waals surface area contributed by atoms with Crippen molar-refractivity contribution < 1.29 is 9.21 Å². The molecule has 4 rings (SSSR count). The van der Waals surface area contributed by atoms with Crippen LogP contribution in [0.4, 0.5) is 0 Å². The van der Waals surface area contributed by atoms with Crippen LogP contribution >= 0.6 is 27.5 Å². The lowest BCUT2D eigenvalue weighted by atomic mass is 10.3. The molecule has 0 radical (unpaired) electrons. The number of amides is 1. The number of H-pyrrole nitrogens is 1. The molecule has 0 bridgehead atoms. The number of halogens is 2. The van der Waals surface area contributed by atoms with Gasteiger partial charge in [-0.15, -0.1) is 0 Å². The van der Waals surface area contributed by atoms with E-state index in [-0.39, 0.29) is 19.0 Å². The average molecular weight is 436 g/mol. The maximum absolute atomic E-state index is 12.2. The molecule has 0 saturated carbocycles. The summed E-state index contributed by atoms with van der Waals surface area (Å²) >= 11 is 9.35. The first-order valence-electron chi connectivity index (χ1n) is 7.69. The van der Waals surface area contributed by atoms with E-state index in [1.54, 1.807) is 18.2 Å². The molecule has 0 fully saturated rings. The molecule has 2 heterocycles. The Balaban J connectivity index is 1.49. The summed E-state index contributed by atoms with van der Waals surface area (Å²) in [6, 6.07) is 10.5. The van der Waals surface area contributed by atoms with E-state index < -0.39 is 5.76 Å². The third-order valence-corrected chi connectivity index (χ3v) is 4.61. The van der Waals surface area contributed by atoms with Crippen LogP contribution in [0.5, 0.6) is 0 Å². The van der Waals surface area contributed by atoms with Crippen LogP contribution in [0.3, 0.4) is 0 Å². The molecule has 0 atom stereocenters. The van der Waals surface area contributed by atoms with Crippen molar-refractivity contribution in [3.05, 3.63) is 62.3 Å². The monoisotopic (exact) mass is 434 g/mol. The van der Waals surface area contributed by atoms with Crippen LogP contribution < -0.4 is 11.1 Å². The summed E-state index contributed by atoms with van der Waals surface area (Å²) in [5, 5.41) is 3.20. The average Bonchev–Trinajstić information content (AvgIpc) is 3.14. The fourth-order valence-electron chi connectivity index (χ4n) is 2.68. The number of hydrogen-bond acceptors (Lipinski definition) is 4. The van der Waals surface area contributed by atoms with Crippen molar-refractivity contribution in [3.8, 4) is 0 Å². The van der Waals surface area contributed by atoms with Crippen LogP contribution in [0.2, 0.25) is 5.02 Å². The van der Waals surface area contributed by atoms with Gasteiger partial charge in [0, 0.05) is 9.50 Å². The number of oxazole rings is 1. The summed E-state index contributed by atoms with van der Waals surface area (Å²) in [6.45, 7) is 0.0500. The highest BCUT2D eigenvalue weighted by Crippen LogP contribution is 2.19. The number of rotatable bonds is 4. The second-order valence-corrected chi connectivity index (χ2v) is 7.04. The van der Waals surface area contributed by atoms with Gasteiger partial charge < -0.3 is 14.7 Å². The van der Waals surface area contributed by atoms with Crippen LogP contribution in [0.1, 0.15) is 5.82 Å². The zero-order chi connectivity index (χ0) is 18.3. The maximum atomic E-state index is 12.2. The van der Waals surface area contributed by atoms with Crippen molar-refractivity contribution in [2.75, 3.05) is 0 Å². The molecule has 2 aromatic carbocycles. The Kier molecular flexibility index (Phi) is 4.29. The first-order valence-corrected chi connectivity index (χ1v) is 8.86. The molecule has 0 unspecified atom stereocenters. The Morgan fingerprint density at radius 1 is 1.31 bits per heavy atom. The summed E-state index contributed by atoms with van der Waals surface area (Å²) in [4.78, 5) is 31.7. The number of aromatic nitrogens is 3. The van der Waals surface area contributed by atoms with Gasteiger partial charge in [-0.3, -0.25) is 9.36 Å². The molecule has 0 spiro atoms. The Hall–Kier alpha value is -2.58. The molecule has 0 saturated heterocycles. The lowest BCUT2D eigenvalue weighted by Crippen LogP contribution is -2.30. The minimum atomic E-state index is -0.606. The number of carbonyl (C=O) groups excluding carboxylic acids is 1. The summed E-state index contributed by atoms with van der Waals surface area (Å²) < 4.78 is 7.28. The number of fused-ring (bicyclic) bond motifs is 2. The van der Waals surface area contributed by atoms with Gasteiger partial charge >= 0.3 is 5.76 Å². The second kappa shape index (κ2) is 6.62. The van der Waals surface area contributed by atoms with Gasteiger partial charge in [0.15, 0.2) is 5.58 Å². The van der Waals surface area contributed by atoms with Crippen LogP contribution in [0.15, 0.2) is 50.1 Å². The predicted octanol–water partition coefficient (Wildman–Crippen LogP) is 3.20. The van der Waals surface area contributed by atoms with Crippen LogP contribution in [-0.4, -0.2) is 20.4 Å². The summed E-state index contributed by atoms with van der Waals surface area (Å²) in [6.07, 6.45) is 0. The van der Waals surface area contributed by atoms with Crippen molar-refractivity contribution in [3.63, 3.8) is 0 Å². The smallest absolute Gasteiger partial charge is 0.408 e. The quantitative estimate of drug-likeness (QED) is 0.515. The normalized spacial score (nSPS) is 11.3. The molecule has 2 aromatic heterocycles.